The standard InChI is InChI=1S/C15H27NO2/c1-12(2)7-5-6-8-14(18)16-10-9-15(3,4)13(17)11-16/h12H,5-11H2,1-4H3. The van der Waals surface area contributed by atoms with Crippen LogP contribution in [-0.4, -0.2) is 29.7 Å². The molecule has 0 aliphatic carbocycles. The minimum Gasteiger partial charge on any atom is -0.335 e. The number of rotatable bonds is 5. The summed E-state index contributed by atoms with van der Waals surface area (Å²) < 4.78 is 0. The van der Waals surface area contributed by atoms with Crippen LogP contribution in [0.5, 0.6) is 0 Å². The molecule has 0 saturated carbocycles. The van der Waals surface area contributed by atoms with Crippen LogP contribution in [0.25, 0.3) is 0 Å². The molecule has 0 atom stereocenters. The zero-order chi connectivity index (χ0) is 13.8. The van der Waals surface area contributed by atoms with Gasteiger partial charge in [0.2, 0.25) is 5.91 Å². The Morgan fingerprint density at radius 1 is 1.33 bits per heavy atom. The normalized spacial score (nSPS) is 19.4. The summed E-state index contributed by atoms with van der Waals surface area (Å²) in [6.45, 7) is 9.40. The summed E-state index contributed by atoms with van der Waals surface area (Å²) in [5.41, 5.74) is -0.242. The Hall–Kier alpha value is -0.860. The molecule has 3 heteroatoms. The quantitative estimate of drug-likeness (QED) is 0.706. The van der Waals surface area contributed by atoms with E-state index in [1.54, 1.807) is 4.90 Å². The largest absolute Gasteiger partial charge is 0.335 e. The van der Waals surface area contributed by atoms with E-state index in [1.165, 1.54) is 6.42 Å². The zero-order valence-electron chi connectivity index (χ0n) is 12.3. The Morgan fingerprint density at radius 3 is 2.56 bits per heavy atom. The van der Waals surface area contributed by atoms with E-state index in [9.17, 15) is 9.59 Å². The van der Waals surface area contributed by atoms with Crippen LogP contribution in [0.2, 0.25) is 0 Å². The number of nitrogens with zero attached hydrogens (tertiary/aromatic N) is 1. The molecule has 1 aliphatic rings. The van der Waals surface area contributed by atoms with Gasteiger partial charge in [-0.1, -0.05) is 40.5 Å². The second kappa shape index (κ2) is 6.35. The van der Waals surface area contributed by atoms with Crippen LogP contribution in [0.3, 0.4) is 0 Å². The van der Waals surface area contributed by atoms with Crippen molar-refractivity contribution in [2.24, 2.45) is 11.3 Å². The summed E-state index contributed by atoms with van der Waals surface area (Å²) in [4.78, 5) is 25.6. The van der Waals surface area contributed by atoms with Crippen LogP contribution in [0.15, 0.2) is 0 Å². The molecule has 1 fully saturated rings. The van der Waals surface area contributed by atoms with Gasteiger partial charge in [0.05, 0.1) is 6.54 Å². The summed E-state index contributed by atoms with van der Waals surface area (Å²) in [6, 6.07) is 0. The lowest BCUT2D eigenvalue weighted by atomic mass is 9.81. The van der Waals surface area contributed by atoms with Gasteiger partial charge in [0, 0.05) is 18.4 Å². The second-order valence-electron chi connectivity index (χ2n) is 6.51. The van der Waals surface area contributed by atoms with Crippen LogP contribution in [-0.2, 0) is 9.59 Å². The third-order valence-corrected chi connectivity index (χ3v) is 3.87. The van der Waals surface area contributed by atoms with E-state index in [-0.39, 0.29) is 17.1 Å². The van der Waals surface area contributed by atoms with Gasteiger partial charge < -0.3 is 4.90 Å². The van der Waals surface area contributed by atoms with Gasteiger partial charge in [0.15, 0.2) is 5.78 Å². The fourth-order valence-electron chi connectivity index (χ4n) is 2.22. The molecule has 0 bridgehead atoms. The highest BCUT2D eigenvalue weighted by Gasteiger charge is 2.35. The maximum absolute atomic E-state index is 12.0. The molecule has 1 saturated heterocycles. The minimum atomic E-state index is -0.242. The summed E-state index contributed by atoms with van der Waals surface area (Å²) in [7, 11) is 0. The summed E-state index contributed by atoms with van der Waals surface area (Å²) >= 11 is 0. The van der Waals surface area contributed by atoms with Crippen molar-refractivity contribution in [3.05, 3.63) is 0 Å². The maximum atomic E-state index is 12.0. The van der Waals surface area contributed by atoms with E-state index in [0.29, 0.717) is 18.9 Å². The number of likely N-dealkylation sites (tertiary alicyclic amines) is 1. The summed E-state index contributed by atoms with van der Waals surface area (Å²) in [5.74, 6) is 1.06. The van der Waals surface area contributed by atoms with Gasteiger partial charge in [0.1, 0.15) is 0 Å². The van der Waals surface area contributed by atoms with Gasteiger partial charge >= 0.3 is 0 Å². The molecular weight excluding hydrogens is 226 g/mol. The number of unbranched alkanes of at least 4 members (excludes halogenated alkanes) is 1. The Morgan fingerprint density at radius 2 is 2.00 bits per heavy atom. The highest BCUT2D eigenvalue weighted by Crippen LogP contribution is 2.27. The lowest BCUT2D eigenvalue weighted by Crippen LogP contribution is -2.47. The number of ketones is 1. The Kier molecular flexibility index (Phi) is 5.36. The van der Waals surface area contributed by atoms with Crippen LogP contribution < -0.4 is 0 Å². The SMILES string of the molecule is CC(C)CCCCC(=O)N1CCC(C)(C)C(=O)C1. The molecule has 0 aromatic carbocycles. The lowest BCUT2D eigenvalue weighted by Gasteiger charge is -2.35. The average Bonchev–Trinajstić information content (AvgIpc) is 2.27. The van der Waals surface area contributed by atoms with E-state index in [4.69, 9.17) is 0 Å². The molecule has 1 aliphatic heterocycles. The van der Waals surface area contributed by atoms with Crippen molar-refractivity contribution in [2.45, 2.75) is 59.8 Å². The Bertz CT molecular complexity index is 308. The van der Waals surface area contributed by atoms with Crippen molar-refractivity contribution in [3.8, 4) is 0 Å². The highest BCUT2D eigenvalue weighted by atomic mass is 16.2. The fraction of sp³-hybridized carbons (Fsp3) is 0.867. The van der Waals surface area contributed by atoms with Crippen LogP contribution in [0, 0.1) is 11.3 Å². The minimum absolute atomic E-state index is 0.155. The van der Waals surface area contributed by atoms with Gasteiger partial charge in [-0.25, -0.2) is 0 Å². The van der Waals surface area contributed by atoms with Crippen molar-refractivity contribution >= 4 is 11.7 Å². The topological polar surface area (TPSA) is 37.4 Å². The number of carbonyl (C=O) groups excluding carboxylic acids is 2. The van der Waals surface area contributed by atoms with E-state index in [0.717, 1.165) is 25.8 Å². The first kappa shape index (κ1) is 15.2. The third-order valence-electron chi connectivity index (χ3n) is 3.87. The van der Waals surface area contributed by atoms with Crippen LogP contribution in [0.4, 0.5) is 0 Å². The number of carbonyl (C=O) groups is 2. The van der Waals surface area contributed by atoms with Gasteiger partial charge in [-0.2, -0.15) is 0 Å². The zero-order valence-corrected chi connectivity index (χ0v) is 12.3. The summed E-state index contributed by atoms with van der Waals surface area (Å²) in [6.07, 6.45) is 4.63. The van der Waals surface area contributed by atoms with E-state index >= 15 is 0 Å². The molecular formula is C15H27NO2. The second-order valence-corrected chi connectivity index (χ2v) is 6.51. The van der Waals surface area contributed by atoms with Crippen LogP contribution >= 0.6 is 0 Å². The molecule has 0 N–H and O–H groups in total. The van der Waals surface area contributed by atoms with Gasteiger partial charge in [-0.3, -0.25) is 9.59 Å². The average molecular weight is 253 g/mol. The molecule has 104 valence electrons. The predicted molar refractivity (Wildman–Crippen MR) is 73.3 cm³/mol. The molecule has 1 amide bonds. The lowest BCUT2D eigenvalue weighted by molar-refractivity contribution is -0.142. The van der Waals surface area contributed by atoms with E-state index < -0.39 is 0 Å². The molecule has 0 spiro atoms. The number of amides is 1. The summed E-state index contributed by atoms with van der Waals surface area (Å²) in [5, 5.41) is 0. The van der Waals surface area contributed by atoms with Crippen molar-refractivity contribution in [2.75, 3.05) is 13.1 Å². The van der Waals surface area contributed by atoms with E-state index in [2.05, 4.69) is 13.8 Å². The third kappa shape index (κ3) is 4.43. The highest BCUT2D eigenvalue weighted by molar-refractivity contribution is 5.90. The number of hydrogen-bond donors (Lipinski definition) is 0. The van der Waals surface area contributed by atoms with Crippen molar-refractivity contribution in [1.29, 1.82) is 0 Å². The van der Waals surface area contributed by atoms with Crippen LogP contribution in [0.1, 0.15) is 59.8 Å². The maximum Gasteiger partial charge on any atom is 0.222 e. The Balaban J connectivity index is 2.29. The molecule has 18 heavy (non-hydrogen) atoms. The van der Waals surface area contributed by atoms with Gasteiger partial charge in [0.25, 0.3) is 0 Å². The van der Waals surface area contributed by atoms with Crippen molar-refractivity contribution < 1.29 is 9.59 Å². The number of Topliss-reactive ketones (excluding diaryl/α,β-unsaturated/α-hetero) is 1. The number of hydrogen-bond acceptors (Lipinski definition) is 2. The fourth-order valence-corrected chi connectivity index (χ4v) is 2.22. The van der Waals surface area contributed by atoms with Gasteiger partial charge in [-0.15, -0.1) is 0 Å². The molecule has 0 aromatic rings. The number of piperidine rings is 1. The molecule has 3 nitrogen and oxygen atoms in total. The molecule has 1 rings (SSSR count). The van der Waals surface area contributed by atoms with Gasteiger partial charge in [-0.05, 0) is 18.8 Å². The Labute approximate surface area is 111 Å². The molecule has 0 aromatic heterocycles. The first-order valence-electron chi connectivity index (χ1n) is 7.14. The first-order chi connectivity index (χ1) is 8.33. The van der Waals surface area contributed by atoms with Crippen molar-refractivity contribution in [3.63, 3.8) is 0 Å². The van der Waals surface area contributed by atoms with E-state index in [1.807, 2.05) is 13.8 Å². The first-order valence-corrected chi connectivity index (χ1v) is 7.14. The monoisotopic (exact) mass is 253 g/mol. The smallest absolute Gasteiger partial charge is 0.222 e. The molecule has 1 heterocycles. The van der Waals surface area contributed by atoms with Crippen molar-refractivity contribution in [1.82, 2.24) is 4.90 Å². The molecule has 0 unspecified atom stereocenters. The predicted octanol–water partition coefficient (Wildman–Crippen LogP) is 3.03. The molecule has 0 radical (unpaired) electrons.